The third kappa shape index (κ3) is 8.51. The fraction of sp³-hybridized carbons (Fsp3) is 0.417. The maximum atomic E-state index is 12.6. The van der Waals surface area contributed by atoms with E-state index in [1.54, 1.807) is 19.1 Å². The number of hydrogen-bond acceptors (Lipinski definition) is 2. The average Bonchev–Trinajstić information content (AvgIpc) is 3.16. The molecule has 1 aliphatic rings. The fourth-order valence-corrected chi connectivity index (χ4v) is 3.19. The number of amides is 1. The number of halogens is 3. The molecule has 1 fully saturated rings. The summed E-state index contributed by atoms with van der Waals surface area (Å²) in [7, 11) is 0. The van der Waals surface area contributed by atoms with Crippen molar-refractivity contribution in [2.45, 2.75) is 47.0 Å². The SMILES string of the molecule is CCC(=O)N1CCC(C)C1.CCc1cc(F)ccc1F.Cc1ccc(C#N)c(Cl)c1. The molecule has 1 saturated heterocycles. The topological polar surface area (TPSA) is 44.1 Å². The van der Waals surface area contributed by atoms with Crippen LogP contribution >= 0.6 is 11.6 Å². The molecule has 30 heavy (non-hydrogen) atoms. The van der Waals surface area contributed by atoms with Crippen LogP contribution < -0.4 is 0 Å². The Morgan fingerprint density at radius 3 is 2.40 bits per heavy atom. The molecule has 0 N–H and O–H groups in total. The molecule has 3 nitrogen and oxygen atoms in total. The predicted octanol–water partition coefficient (Wildman–Crippen LogP) is 6.31. The molecular weight excluding hydrogens is 406 g/mol. The van der Waals surface area contributed by atoms with Gasteiger partial charge in [0.2, 0.25) is 5.91 Å². The van der Waals surface area contributed by atoms with Crippen LogP contribution in [-0.4, -0.2) is 23.9 Å². The molecule has 1 amide bonds. The third-order valence-electron chi connectivity index (χ3n) is 4.71. The van der Waals surface area contributed by atoms with E-state index in [1.165, 1.54) is 12.5 Å². The van der Waals surface area contributed by atoms with Crippen LogP contribution in [-0.2, 0) is 11.2 Å². The number of aryl methyl sites for hydroxylation is 2. The van der Waals surface area contributed by atoms with E-state index in [1.807, 2.05) is 30.9 Å². The molecule has 0 bridgehead atoms. The molecule has 1 aliphatic heterocycles. The number of carbonyl (C=O) groups is 1. The number of carbonyl (C=O) groups excluding carboxylic acids is 1. The molecule has 0 spiro atoms. The van der Waals surface area contributed by atoms with Crippen molar-refractivity contribution in [1.82, 2.24) is 4.90 Å². The summed E-state index contributed by atoms with van der Waals surface area (Å²) >= 11 is 5.71. The summed E-state index contributed by atoms with van der Waals surface area (Å²) in [5.74, 6) is 0.321. The maximum absolute atomic E-state index is 12.6. The van der Waals surface area contributed by atoms with Gasteiger partial charge in [0.25, 0.3) is 0 Å². The van der Waals surface area contributed by atoms with Crippen molar-refractivity contribution in [1.29, 1.82) is 5.26 Å². The van der Waals surface area contributed by atoms with Gasteiger partial charge in [0, 0.05) is 19.5 Å². The van der Waals surface area contributed by atoms with Crippen molar-refractivity contribution in [3.8, 4) is 6.07 Å². The van der Waals surface area contributed by atoms with Gasteiger partial charge < -0.3 is 4.90 Å². The molecule has 0 saturated carbocycles. The lowest BCUT2D eigenvalue weighted by Crippen LogP contribution is -2.27. The molecule has 0 radical (unpaired) electrons. The molecule has 2 aromatic carbocycles. The quantitative estimate of drug-likeness (QED) is 0.555. The predicted molar refractivity (Wildman–Crippen MR) is 117 cm³/mol. The van der Waals surface area contributed by atoms with Crippen molar-refractivity contribution in [2.24, 2.45) is 5.92 Å². The normalized spacial score (nSPS) is 14.7. The lowest BCUT2D eigenvalue weighted by molar-refractivity contribution is -0.129. The van der Waals surface area contributed by atoms with E-state index in [2.05, 4.69) is 6.92 Å². The van der Waals surface area contributed by atoms with E-state index in [0.29, 0.717) is 34.9 Å². The Kier molecular flexibility index (Phi) is 11.1. The summed E-state index contributed by atoms with van der Waals surface area (Å²) in [6.45, 7) is 9.81. The summed E-state index contributed by atoms with van der Waals surface area (Å²) < 4.78 is 25.0. The molecule has 3 rings (SSSR count). The first-order valence-electron chi connectivity index (χ1n) is 10.1. The van der Waals surface area contributed by atoms with Crippen LogP contribution in [0.25, 0.3) is 0 Å². The lowest BCUT2D eigenvalue weighted by atomic mass is 10.1. The zero-order valence-electron chi connectivity index (χ0n) is 18.0. The Hall–Kier alpha value is -2.45. The van der Waals surface area contributed by atoms with Crippen LogP contribution in [0.3, 0.4) is 0 Å². The second-order valence-corrected chi connectivity index (χ2v) is 7.68. The maximum Gasteiger partial charge on any atom is 0.222 e. The number of benzene rings is 2. The minimum absolute atomic E-state index is 0.310. The highest BCUT2D eigenvalue weighted by atomic mass is 35.5. The molecule has 1 atom stereocenters. The van der Waals surface area contributed by atoms with Gasteiger partial charge in [-0.3, -0.25) is 4.79 Å². The zero-order valence-corrected chi connectivity index (χ0v) is 18.8. The highest BCUT2D eigenvalue weighted by Crippen LogP contribution is 2.16. The molecule has 0 aliphatic carbocycles. The van der Waals surface area contributed by atoms with Gasteiger partial charge in [-0.15, -0.1) is 0 Å². The largest absolute Gasteiger partial charge is 0.342 e. The summed E-state index contributed by atoms with van der Waals surface area (Å²) in [5, 5.41) is 9.00. The minimum Gasteiger partial charge on any atom is -0.342 e. The number of nitrogens with zero attached hydrogens (tertiary/aromatic N) is 2. The molecule has 6 heteroatoms. The van der Waals surface area contributed by atoms with Crippen LogP contribution in [0.15, 0.2) is 36.4 Å². The second kappa shape index (κ2) is 13.0. The van der Waals surface area contributed by atoms with E-state index in [9.17, 15) is 13.6 Å². The number of likely N-dealkylation sites (tertiary alicyclic amines) is 1. The van der Waals surface area contributed by atoms with Crippen LogP contribution in [0.4, 0.5) is 8.78 Å². The van der Waals surface area contributed by atoms with E-state index in [4.69, 9.17) is 16.9 Å². The van der Waals surface area contributed by atoms with Crippen LogP contribution in [0.1, 0.15) is 50.3 Å². The Morgan fingerprint density at radius 2 is 1.93 bits per heavy atom. The van der Waals surface area contributed by atoms with Gasteiger partial charge in [-0.05, 0) is 67.1 Å². The van der Waals surface area contributed by atoms with E-state index < -0.39 is 0 Å². The van der Waals surface area contributed by atoms with Gasteiger partial charge in [-0.25, -0.2) is 8.78 Å². The van der Waals surface area contributed by atoms with Crippen molar-refractivity contribution >= 4 is 17.5 Å². The summed E-state index contributed by atoms with van der Waals surface area (Å²) in [6, 6.07) is 10.8. The Labute approximate surface area is 183 Å². The van der Waals surface area contributed by atoms with Gasteiger partial charge in [0.15, 0.2) is 0 Å². The average molecular weight is 435 g/mol. The highest BCUT2D eigenvalue weighted by Gasteiger charge is 2.21. The number of nitriles is 1. The summed E-state index contributed by atoms with van der Waals surface area (Å²) in [4.78, 5) is 13.0. The Morgan fingerprint density at radius 1 is 1.23 bits per heavy atom. The Bertz CT molecular complexity index is 871. The standard InChI is InChI=1S/C8H6ClN.C8H8F2.C8H15NO/c1-6-2-3-7(5-10)8(9)4-6;1-2-6-5-7(9)3-4-8(6)10;1-3-8(10)9-5-4-7(2)6-9/h2-4H,1H3;3-5H,2H2,1H3;7H,3-6H2,1-2H3. The van der Waals surface area contributed by atoms with Crippen molar-refractivity contribution in [3.05, 3.63) is 69.7 Å². The summed E-state index contributed by atoms with van der Waals surface area (Å²) in [6.07, 6.45) is 2.38. The zero-order chi connectivity index (χ0) is 22.7. The van der Waals surface area contributed by atoms with Crippen molar-refractivity contribution < 1.29 is 13.6 Å². The van der Waals surface area contributed by atoms with Gasteiger partial charge in [-0.1, -0.05) is 38.4 Å². The molecule has 1 heterocycles. The Balaban J connectivity index is 0.000000225. The molecule has 162 valence electrons. The van der Waals surface area contributed by atoms with Gasteiger partial charge >= 0.3 is 0 Å². The van der Waals surface area contributed by atoms with E-state index in [-0.39, 0.29) is 11.6 Å². The van der Waals surface area contributed by atoms with Crippen molar-refractivity contribution in [3.63, 3.8) is 0 Å². The van der Waals surface area contributed by atoms with Gasteiger partial charge in [0.05, 0.1) is 10.6 Å². The monoisotopic (exact) mass is 434 g/mol. The van der Waals surface area contributed by atoms with Gasteiger partial charge in [-0.2, -0.15) is 5.26 Å². The smallest absolute Gasteiger partial charge is 0.222 e. The minimum atomic E-state index is -0.377. The third-order valence-corrected chi connectivity index (χ3v) is 5.03. The molecule has 1 unspecified atom stereocenters. The molecule has 0 aromatic heterocycles. The molecule has 2 aromatic rings. The fourth-order valence-electron chi connectivity index (χ4n) is 2.91. The molecular formula is C24H29ClF2N2O. The lowest BCUT2D eigenvalue weighted by Gasteiger charge is -2.13. The van der Waals surface area contributed by atoms with Crippen LogP contribution in [0.5, 0.6) is 0 Å². The first-order chi connectivity index (χ1) is 14.2. The van der Waals surface area contributed by atoms with Crippen LogP contribution in [0, 0.1) is 35.8 Å². The van der Waals surface area contributed by atoms with E-state index >= 15 is 0 Å². The first kappa shape index (κ1) is 25.6. The first-order valence-corrected chi connectivity index (χ1v) is 10.5. The number of rotatable bonds is 2. The van der Waals surface area contributed by atoms with Gasteiger partial charge in [0.1, 0.15) is 17.7 Å². The van der Waals surface area contributed by atoms with Crippen LogP contribution in [0.2, 0.25) is 5.02 Å². The van der Waals surface area contributed by atoms with E-state index in [0.717, 1.165) is 36.7 Å². The summed E-state index contributed by atoms with van der Waals surface area (Å²) in [5.41, 5.74) is 2.04. The second-order valence-electron chi connectivity index (χ2n) is 7.27. The highest BCUT2D eigenvalue weighted by molar-refractivity contribution is 6.31. The number of hydrogen-bond donors (Lipinski definition) is 0. The van der Waals surface area contributed by atoms with Crippen molar-refractivity contribution in [2.75, 3.05) is 13.1 Å².